The molecule has 0 aromatic carbocycles. The van der Waals surface area contributed by atoms with Crippen LogP contribution in [-0.2, 0) is 4.74 Å². The van der Waals surface area contributed by atoms with Crippen molar-refractivity contribution in [3.8, 4) is 0 Å². The number of hydrogen-bond acceptors (Lipinski definition) is 2. The van der Waals surface area contributed by atoms with Gasteiger partial charge in [0.2, 0.25) is 0 Å². The Hall–Kier alpha value is -0.0800. The van der Waals surface area contributed by atoms with E-state index in [0.29, 0.717) is 18.1 Å². The molecule has 0 aromatic heterocycles. The van der Waals surface area contributed by atoms with Crippen LogP contribution in [0.4, 0.5) is 0 Å². The second-order valence-corrected chi connectivity index (χ2v) is 6.60. The van der Waals surface area contributed by atoms with Gasteiger partial charge in [-0.3, -0.25) is 0 Å². The van der Waals surface area contributed by atoms with E-state index in [1.165, 1.54) is 38.5 Å². The van der Waals surface area contributed by atoms with E-state index >= 15 is 0 Å². The van der Waals surface area contributed by atoms with Gasteiger partial charge in [-0.2, -0.15) is 0 Å². The maximum Gasteiger partial charge on any atom is 0.0616 e. The maximum absolute atomic E-state index is 6.48. The Morgan fingerprint density at radius 3 is 2.76 bits per heavy atom. The molecule has 6 unspecified atom stereocenters. The van der Waals surface area contributed by atoms with E-state index in [1.807, 2.05) is 0 Å². The summed E-state index contributed by atoms with van der Waals surface area (Å²) in [4.78, 5) is 0. The van der Waals surface area contributed by atoms with Gasteiger partial charge in [0.25, 0.3) is 0 Å². The van der Waals surface area contributed by atoms with Crippen LogP contribution in [0.3, 0.4) is 0 Å². The summed E-state index contributed by atoms with van der Waals surface area (Å²) in [6, 6.07) is 0.395. The van der Waals surface area contributed by atoms with Crippen LogP contribution in [0.5, 0.6) is 0 Å². The number of nitrogens with two attached hydrogens (primary N) is 1. The molecule has 0 spiro atoms. The standard InChI is InChI=1S/C15H27NO/c1-2-15-13(5-6-17-15)14(16)9-12-8-10-3-4-11(12)7-10/h10-15H,2-9,16H2,1H3. The van der Waals surface area contributed by atoms with Crippen LogP contribution in [0, 0.1) is 23.7 Å². The first-order valence-electron chi connectivity index (χ1n) is 7.65. The van der Waals surface area contributed by atoms with Crippen LogP contribution < -0.4 is 5.73 Å². The van der Waals surface area contributed by atoms with Gasteiger partial charge in [-0.25, -0.2) is 0 Å². The number of hydrogen-bond donors (Lipinski definition) is 1. The van der Waals surface area contributed by atoms with Gasteiger partial charge in [0.05, 0.1) is 6.10 Å². The van der Waals surface area contributed by atoms with E-state index in [4.69, 9.17) is 10.5 Å². The summed E-state index contributed by atoms with van der Waals surface area (Å²) >= 11 is 0. The molecule has 1 saturated heterocycles. The average molecular weight is 237 g/mol. The molecule has 0 radical (unpaired) electrons. The molecule has 1 aliphatic heterocycles. The van der Waals surface area contributed by atoms with Crippen LogP contribution in [-0.4, -0.2) is 18.8 Å². The highest BCUT2D eigenvalue weighted by Crippen LogP contribution is 2.50. The lowest BCUT2D eigenvalue weighted by Gasteiger charge is -2.29. The number of ether oxygens (including phenoxy) is 1. The van der Waals surface area contributed by atoms with E-state index in [2.05, 4.69) is 6.92 Å². The minimum atomic E-state index is 0.395. The van der Waals surface area contributed by atoms with E-state index < -0.39 is 0 Å². The molecule has 0 aromatic rings. The van der Waals surface area contributed by atoms with Gasteiger partial charge >= 0.3 is 0 Å². The third-order valence-corrected chi connectivity index (χ3v) is 5.67. The molecule has 2 heteroatoms. The van der Waals surface area contributed by atoms with Gasteiger partial charge in [0.15, 0.2) is 0 Å². The summed E-state index contributed by atoms with van der Waals surface area (Å²) in [5.74, 6) is 3.66. The normalized spacial score (nSPS) is 46.6. The Kier molecular flexibility index (Phi) is 3.45. The van der Waals surface area contributed by atoms with Gasteiger partial charge < -0.3 is 10.5 Å². The van der Waals surface area contributed by atoms with Crippen molar-refractivity contribution in [3.05, 3.63) is 0 Å². The average Bonchev–Trinajstić information content (AvgIpc) is 3.04. The van der Waals surface area contributed by atoms with Crippen molar-refractivity contribution >= 4 is 0 Å². The predicted molar refractivity (Wildman–Crippen MR) is 69.7 cm³/mol. The quantitative estimate of drug-likeness (QED) is 0.816. The minimum Gasteiger partial charge on any atom is -0.378 e. The second kappa shape index (κ2) is 4.89. The zero-order valence-corrected chi connectivity index (χ0v) is 11.1. The summed E-state index contributed by atoms with van der Waals surface area (Å²) < 4.78 is 5.78. The molecule has 6 atom stereocenters. The molecule has 3 rings (SSSR count). The van der Waals surface area contributed by atoms with Gasteiger partial charge in [-0.05, 0) is 56.3 Å². The molecule has 98 valence electrons. The van der Waals surface area contributed by atoms with Gasteiger partial charge in [-0.1, -0.05) is 13.3 Å². The molecule has 3 aliphatic rings. The predicted octanol–water partition coefficient (Wildman–Crippen LogP) is 2.96. The number of rotatable bonds is 4. The van der Waals surface area contributed by atoms with E-state index in [1.54, 1.807) is 0 Å². The lowest BCUT2D eigenvalue weighted by molar-refractivity contribution is 0.0775. The highest BCUT2D eigenvalue weighted by Gasteiger charge is 2.41. The highest BCUT2D eigenvalue weighted by atomic mass is 16.5. The Morgan fingerprint density at radius 2 is 2.12 bits per heavy atom. The summed E-state index contributed by atoms with van der Waals surface area (Å²) in [5, 5.41) is 0. The molecule has 3 fully saturated rings. The molecule has 2 aliphatic carbocycles. The zero-order chi connectivity index (χ0) is 11.8. The van der Waals surface area contributed by atoms with E-state index in [9.17, 15) is 0 Å². The molecular formula is C15H27NO. The van der Waals surface area contributed by atoms with E-state index in [0.717, 1.165) is 30.8 Å². The first-order valence-corrected chi connectivity index (χ1v) is 7.65. The first-order chi connectivity index (χ1) is 8.28. The molecule has 2 saturated carbocycles. The SMILES string of the molecule is CCC1OCCC1C(N)CC1CC2CCC1C2. The molecule has 0 amide bonds. The van der Waals surface area contributed by atoms with Crippen LogP contribution in [0.2, 0.25) is 0 Å². The van der Waals surface area contributed by atoms with E-state index in [-0.39, 0.29) is 0 Å². The fraction of sp³-hybridized carbons (Fsp3) is 1.00. The summed E-state index contributed by atoms with van der Waals surface area (Å²) in [6.45, 7) is 3.17. The third-order valence-electron chi connectivity index (χ3n) is 5.67. The van der Waals surface area contributed by atoms with Gasteiger partial charge in [0.1, 0.15) is 0 Å². The summed E-state index contributed by atoms with van der Waals surface area (Å²) in [7, 11) is 0. The van der Waals surface area contributed by atoms with Crippen LogP contribution in [0.1, 0.15) is 51.9 Å². The molecule has 2 N–H and O–H groups in total. The maximum atomic E-state index is 6.48. The Bertz CT molecular complexity index is 268. The Balaban J connectivity index is 1.54. The summed E-state index contributed by atoms with van der Waals surface area (Å²) in [6.07, 6.45) is 10.0. The van der Waals surface area contributed by atoms with Crippen molar-refractivity contribution < 1.29 is 4.74 Å². The van der Waals surface area contributed by atoms with Crippen LogP contribution in [0.25, 0.3) is 0 Å². The van der Waals surface area contributed by atoms with Crippen LogP contribution in [0.15, 0.2) is 0 Å². The monoisotopic (exact) mass is 237 g/mol. The molecule has 2 nitrogen and oxygen atoms in total. The topological polar surface area (TPSA) is 35.2 Å². The summed E-state index contributed by atoms with van der Waals surface area (Å²) in [5.41, 5.74) is 6.48. The van der Waals surface area contributed by atoms with Crippen molar-refractivity contribution in [1.29, 1.82) is 0 Å². The van der Waals surface area contributed by atoms with Crippen molar-refractivity contribution in [3.63, 3.8) is 0 Å². The Morgan fingerprint density at radius 1 is 1.24 bits per heavy atom. The Labute approximate surface area is 105 Å². The van der Waals surface area contributed by atoms with Gasteiger partial charge in [-0.15, -0.1) is 0 Å². The molecule has 1 heterocycles. The fourth-order valence-electron chi connectivity index (χ4n) is 4.76. The first kappa shape index (κ1) is 12.0. The lowest BCUT2D eigenvalue weighted by Crippen LogP contribution is -2.37. The van der Waals surface area contributed by atoms with Crippen LogP contribution >= 0.6 is 0 Å². The largest absolute Gasteiger partial charge is 0.378 e. The number of fused-ring (bicyclic) bond motifs is 2. The second-order valence-electron chi connectivity index (χ2n) is 6.60. The molecule has 2 bridgehead atoms. The van der Waals surface area contributed by atoms with Crippen molar-refractivity contribution in [2.24, 2.45) is 29.4 Å². The van der Waals surface area contributed by atoms with Gasteiger partial charge in [0, 0.05) is 18.6 Å². The van der Waals surface area contributed by atoms with Crippen molar-refractivity contribution in [2.45, 2.75) is 64.0 Å². The zero-order valence-electron chi connectivity index (χ0n) is 11.1. The van der Waals surface area contributed by atoms with Crippen molar-refractivity contribution in [2.75, 3.05) is 6.61 Å². The fourth-order valence-corrected chi connectivity index (χ4v) is 4.76. The third kappa shape index (κ3) is 2.26. The smallest absolute Gasteiger partial charge is 0.0616 e. The lowest BCUT2D eigenvalue weighted by atomic mass is 9.79. The minimum absolute atomic E-state index is 0.395. The van der Waals surface area contributed by atoms with Crippen molar-refractivity contribution in [1.82, 2.24) is 0 Å². The molecular weight excluding hydrogens is 210 g/mol. The molecule has 17 heavy (non-hydrogen) atoms. The highest BCUT2D eigenvalue weighted by molar-refractivity contribution is 4.93.